The highest BCUT2D eigenvalue weighted by Crippen LogP contribution is 2.14. The fourth-order valence-corrected chi connectivity index (χ4v) is 1.44. The summed E-state index contributed by atoms with van der Waals surface area (Å²) in [7, 11) is 1.68. The molecule has 16 heavy (non-hydrogen) atoms. The highest BCUT2D eigenvalue weighted by molar-refractivity contribution is 5.96. The third-order valence-corrected chi connectivity index (χ3v) is 2.32. The number of amides is 1. The number of hydrogen-bond acceptors (Lipinski definition) is 4. The summed E-state index contributed by atoms with van der Waals surface area (Å²) in [6.45, 7) is 2.79. The van der Waals surface area contributed by atoms with E-state index in [4.69, 9.17) is 0 Å². The Bertz CT molecular complexity index is 371. The lowest BCUT2D eigenvalue weighted by atomic mass is 10.2. The molecule has 0 atom stereocenters. The Morgan fingerprint density at radius 3 is 2.56 bits per heavy atom. The SMILES string of the molecule is C/C(C=O)=C\N1CCN(C)C(=O)/C1=C/C=O. The van der Waals surface area contributed by atoms with Gasteiger partial charge in [0.2, 0.25) is 0 Å². The first kappa shape index (κ1) is 12.2. The molecular weight excluding hydrogens is 208 g/mol. The van der Waals surface area contributed by atoms with Gasteiger partial charge in [0.1, 0.15) is 18.3 Å². The molecule has 0 bridgehead atoms. The van der Waals surface area contributed by atoms with Crippen LogP contribution in [-0.2, 0) is 14.4 Å². The molecule has 1 saturated heterocycles. The summed E-state index contributed by atoms with van der Waals surface area (Å²) in [6, 6.07) is 0. The van der Waals surface area contributed by atoms with Gasteiger partial charge in [-0.3, -0.25) is 14.4 Å². The second-order valence-electron chi connectivity index (χ2n) is 3.60. The van der Waals surface area contributed by atoms with Crippen molar-refractivity contribution >= 4 is 18.5 Å². The van der Waals surface area contributed by atoms with Gasteiger partial charge in [-0.1, -0.05) is 0 Å². The third kappa shape index (κ3) is 2.56. The van der Waals surface area contributed by atoms with Crippen LogP contribution in [0.25, 0.3) is 0 Å². The van der Waals surface area contributed by atoms with Crippen molar-refractivity contribution < 1.29 is 14.4 Å². The first-order chi connectivity index (χ1) is 7.60. The predicted molar refractivity (Wildman–Crippen MR) is 58.3 cm³/mol. The summed E-state index contributed by atoms with van der Waals surface area (Å²) in [5.41, 5.74) is 0.805. The standard InChI is InChI=1S/C11H14N2O3/c1-9(8-15)7-13-5-4-12(2)11(16)10(13)3-6-14/h3,6-8H,4-5H2,1-2H3/b9-7+,10-3-. The highest BCUT2D eigenvalue weighted by atomic mass is 16.2. The van der Waals surface area contributed by atoms with Crippen LogP contribution in [0.5, 0.6) is 0 Å². The van der Waals surface area contributed by atoms with E-state index in [0.29, 0.717) is 36.9 Å². The molecular formula is C11H14N2O3. The van der Waals surface area contributed by atoms with Crippen LogP contribution in [0.4, 0.5) is 0 Å². The van der Waals surface area contributed by atoms with Crippen LogP contribution in [-0.4, -0.2) is 48.4 Å². The molecule has 1 aliphatic heterocycles. The second kappa shape index (κ2) is 5.25. The number of nitrogens with zero attached hydrogens (tertiary/aromatic N) is 2. The molecule has 0 spiro atoms. The minimum absolute atomic E-state index is 0.215. The molecule has 5 heteroatoms. The Labute approximate surface area is 94.0 Å². The smallest absolute Gasteiger partial charge is 0.270 e. The molecule has 1 heterocycles. The molecule has 1 aliphatic rings. The zero-order valence-electron chi connectivity index (χ0n) is 9.34. The Morgan fingerprint density at radius 1 is 1.31 bits per heavy atom. The monoisotopic (exact) mass is 222 g/mol. The normalized spacial score (nSPS) is 20.2. The Hall–Kier alpha value is -1.91. The van der Waals surface area contributed by atoms with Gasteiger partial charge in [0.25, 0.3) is 5.91 Å². The van der Waals surface area contributed by atoms with Gasteiger partial charge in [0.15, 0.2) is 0 Å². The minimum Gasteiger partial charge on any atom is -0.341 e. The second-order valence-corrected chi connectivity index (χ2v) is 3.60. The number of aldehydes is 2. The van der Waals surface area contributed by atoms with E-state index in [1.54, 1.807) is 25.1 Å². The number of likely N-dealkylation sites (N-methyl/N-ethyl adjacent to an activating group) is 1. The van der Waals surface area contributed by atoms with Crippen LogP contribution >= 0.6 is 0 Å². The molecule has 0 aromatic heterocycles. The van der Waals surface area contributed by atoms with E-state index in [1.165, 1.54) is 11.0 Å². The third-order valence-electron chi connectivity index (χ3n) is 2.32. The van der Waals surface area contributed by atoms with Crippen molar-refractivity contribution in [2.45, 2.75) is 6.92 Å². The molecule has 1 fully saturated rings. The average Bonchev–Trinajstić information content (AvgIpc) is 2.28. The van der Waals surface area contributed by atoms with E-state index in [-0.39, 0.29) is 5.91 Å². The molecule has 86 valence electrons. The minimum atomic E-state index is -0.215. The maximum atomic E-state index is 11.7. The van der Waals surface area contributed by atoms with Crippen molar-refractivity contribution in [3.63, 3.8) is 0 Å². The van der Waals surface area contributed by atoms with Crippen LogP contribution in [0.1, 0.15) is 6.92 Å². The van der Waals surface area contributed by atoms with E-state index < -0.39 is 0 Å². The maximum absolute atomic E-state index is 11.7. The number of carbonyl (C=O) groups excluding carboxylic acids is 3. The number of hydrogen-bond donors (Lipinski definition) is 0. The molecule has 1 rings (SSSR count). The zero-order chi connectivity index (χ0) is 12.1. The summed E-state index contributed by atoms with van der Waals surface area (Å²) in [5, 5.41) is 0. The topological polar surface area (TPSA) is 57.7 Å². The van der Waals surface area contributed by atoms with Gasteiger partial charge in [-0.25, -0.2) is 0 Å². The Kier molecular flexibility index (Phi) is 3.99. The van der Waals surface area contributed by atoms with E-state index in [9.17, 15) is 14.4 Å². The van der Waals surface area contributed by atoms with Gasteiger partial charge in [-0.05, 0) is 6.92 Å². The average molecular weight is 222 g/mol. The zero-order valence-corrected chi connectivity index (χ0v) is 9.34. The van der Waals surface area contributed by atoms with Gasteiger partial charge in [-0.2, -0.15) is 0 Å². The fraction of sp³-hybridized carbons (Fsp3) is 0.364. The number of allylic oxidation sites excluding steroid dienone is 2. The molecule has 0 saturated carbocycles. The molecule has 5 nitrogen and oxygen atoms in total. The fourth-order valence-electron chi connectivity index (χ4n) is 1.44. The van der Waals surface area contributed by atoms with Crippen LogP contribution in [0.2, 0.25) is 0 Å². The first-order valence-corrected chi connectivity index (χ1v) is 4.91. The van der Waals surface area contributed by atoms with Crippen molar-refractivity contribution in [1.82, 2.24) is 9.80 Å². The van der Waals surface area contributed by atoms with Crippen LogP contribution in [0.3, 0.4) is 0 Å². The summed E-state index contributed by atoms with van der Waals surface area (Å²) in [4.78, 5) is 35.9. The molecule has 0 unspecified atom stereocenters. The summed E-state index contributed by atoms with van der Waals surface area (Å²) in [5.74, 6) is -0.215. The van der Waals surface area contributed by atoms with Gasteiger partial charge in [0.05, 0.1) is 0 Å². The maximum Gasteiger partial charge on any atom is 0.270 e. The van der Waals surface area contributed by atoms with E-state index in [1.807, 2.05) is 0 Å². The van der Waals surface area contributed by atoms with E-state index >= 15 is 0 Å². The molecule has 0 radical (unpaired) electrons. The van der Waals surface area contributed by atoms with Gasteiger partial charge in [0, 0.05) is 38.0 Å². The van der Waals surface area contributed by atoms with Gasteiger partial charge >= 0.3 is 0 Å². The number of piperazine rings is 1. The Balaban J connectivity index is 3.00. The van der Waals surface area contributed by atoms with Crippen LogP contribution in [0.15, 0.2) is 23.5 Å². The molecule has 0 N–H and O–H groups in total. The lowest BCUT2D eigenvalue weighted by molar-refractivity contribution is -0.129. The summed E-state index contributed by atoms with van der Waals surface area (Å²) < 4.78 is 0. The largest absolute Gasteiger partial charge is 0.341 e. The van der Waals surface area contributed by atoms with Crippen molar-refractivity contribution in [1.29, 1.82) is 0 Å². The lowest BCUT2D eigenvalue weighted by Crippen LogP contribution is -2.44. The summed E-state index contributed by atoms with van der Waals surface area (Å²) >= 11 is 0. The number of rotatable bonds is 3. The van der Waals surface area contributed by atoms with Gasteiger partial charge in [-0.15, -0.1) is 0 Å². The van der Waals surface area contributed by atoms with Crippen molar-refractivity contribution in [3.8, 4) is 0 Å². The molecule has 0 aromatic rings. The first-order valence-electron chi connectivity index (χ1n) is 4.91. The van der Waals surface area contributed by atoms with Crippen molar-refractivity contribution in [3.05, 3.63) is 23.5 Å². The molecule has 0 aromatic carbocycles. The van der Waals surface area contributed by atoms with Crippen LogP contribution in [0, 0.1) is 0 Å². The van der Waals surface area contributed by atoms with E-state index in [2.05, 4.69) is 0 Å². The van der Waals surface area contributed by atoms with Crippen molar-refractivity contribution in [2.24, 2.45) is 0 Å². The number of carbonyl (C=O) groups is 3. The molecule has 0 aliphatic carbocycles. The quantitative estimate of drug-likeness (QED) is 0.496. The lowest BCUT2D eigenvalue weighted by Gasteiger charge is -2.33. The van der Waals surface area contributed by atoms with E-state index in [0.717, 1.165) is 0 Å². The highest BCUT2D eigenvalue weighted by Gasteiger charge is 2.25. The molecule has 1 amide bonds. The Morgan fingerprint density at radius 2 is 2.00 bits per heavy atom. The summed E-state index contributed by atoms with van der Waals surface area (Å²) in [6.07, 6.45) is 4.07. The van der Waals surface area contributed by atoms with Gasteiger partial charge < -0.3 is 9.80 Å². The predicted octanol–water partition coefficient (Wildman–Crippen LogP) is -0.0541. The van der Waals surface area contributed by atoms with Crippen molar-refractivity contribution in [2.75, 3.05) is 20.1 Å². The van der Waals surface area contributed by atoms with Crippen LogP contribution < -0.4 is 0 Å².